The molecule has 1 saturated heterocycles. The Hall–Kier alpha value is -2.02. The topological polar surface area (TPSA) is 63.2 Å². The van der Waals surface area contributed by atoms with Gasteiger partial charge in [0.05, 0.1) is 0 Å². The number of hydrogen-bond acceptors (Lipinski definition) is 5. The Morgan fingerprint density at radius 2 is 1.96 bits per heavy atom. The van der Waals surface area contributed by atoms with Crippen molar-refractivity contribution in [3.05, 3.63) is 59.5 Å². The highest BCUT2D eigenvalue weighted by Gasteiger charge is 2.22. The summed E-state index contributed by atoms with van der Waals surface area (Å²) in [6.07, 6.45) is 3.46. The van der Waals surface area contributed by atoms with E-state index in [1.165, 1.54) is 24.3 Å². The molecular weight excluding hydrogens is 345 g/mol. The number of pyridine rings is 1. The number of aromatic nitrogens is 1. The van der Waals surface area contributed by atoms with Crippen LogP contribution in [0.25, 0.3) is 0 Å². The molecule has 3 rings (SSSR count). The second kappa shape index (κ2) is 8.38. The van der Waals surface area contributed by atoms with Crippen molar-refractivity contribution < 1.29 is 13.9 Å². The quantitative estimate of drug-likeness (QED) is 0.607. The van der Waals surface area contributed by atoms with Crippen LogP contribution in [-0.2, 0) is 4.74 Å². The fourth-order valence-electron chi connectivity index (χ4n) is 2.80. The lowest BCUT2D eigenvalue weighted by molar-refractivity contribution is 0.0904. The van der Waals surface area contributed by atoms with Crippen molar-refractivity contribution in [3.63, 3.8) is 0 Å². The van der Waals surface area contributed by atoms with Gasteiger partial charge < -0.3 is 10.1 Å². The SMILES string of the molecule is O=C(c1ccc(F)cc1)C(NCl)c1ccnc(NC2CCOCC2)c1. The fourth-order valence-corrected chi connectivity index (χ4v) is 3.03. The van der Waals surface area contributed by atoms with Crippen molar-refractivity contribution in [1.82, 2.24) is 9.82 Å². The number of carbonyl (C=O) groups excluding carboxylic acids is 1. The highest BCUT2D eigenvalue weighted by molar-refractivity contribution is 6.16. The van der Waals surface area contributed by atoms with Crippen LogP contribution >= 0.6 is 11.8 Å². The summed E-state index contributed by atoms with van der Waals surface area (Å²) in [6, 6.07) is 8.49. The molecule has 0 saturated carbocycles. The van der Waals surface area contributed by atoms with Gasteiger partial charge in [0.25, 0.3) is 0 Å². The first kappa shape index (κ1) is 17.8. The predicted molar refractivity (Wildman–Crippen MR) is 94.2 cm³/mol. The van der Waals surface area contributed by atoms with E-state index >= 15 is 0 Å². The summed E-state index contributed by atoms with van der Waals surface area (Å²) in [5.41, 5.74) is 1.07. The lowest BCUT2D eigenvalue weighted by Crippen LogP contribution is -2.28. The third kappa shape index (κ3) is 4.54. The summed E-state index contributed by atoms with van der Waals surface area (Å²) in [7, 11) is 0. The Bertz CT molecular complexity index is 721. The molecule has 1 atom stereocenters. The van der Waals surface area contributed by atoms with Crippen molar-refractivity contribution in [1.29, 1.82) is 0 Å². The highest BCUT2D eigenvalue weighted by Crippen LogP contribution is 2.22. The summed E-state index contributed by atoms with van der Waals surface area (Å²) in [6.45, 7) is 1.46. The highest BCUT2D eigenvalue weighted by atomic mass is 35.5. The van der Waals surface area contributed by atoms with Gasteiger partial charge in [0.15, 0.2) is 5.78 Å². The molecule has 1 aromatic heterocycles. The molecule has 132 valence electrons. The first-order valence-corrected chi connectivity index (χ1v) is 8.51. The molecule has 1 unspecified atom stereocenters. The predicted octanol–water partition coefficient (Wildman–Crippen LogP) is 3.48. The zero-order valence-electron chi connectivity index (χ0n) is 13.5. The minimum atomic E-state index is -0.745. The molecule has 0 aliphatic carbocycles. The van der Waals surface area contributed by atoms with Crippen LogP contribution in [-0.4, -0.2) is 30.0 Å². The van der Waals surface area contributed by atoms with E-state index in [0.717, 1.165) is 26.1 Å². The first-order valence-electron chi connectivity index (χ1n) is 8.13. The Balaban J connectivity index is 1.77. The number of Topliss-reactive ketones (excluding diaryl/α,β-unsaturated/α-hetero) is 1. The van der Waals surface area contributed by atoms with Gasteiger partial charge in [-0.15, -0.1) is 0 Å². The molecule has 0 radical (unpaired) electrons. The lowest BCUT2D eigenvalue weighted by Gasteiger charge is -2.24. The summed E-state index contributed by atoms with van der Waals surface area (Å²) in [4.78, 5) is 19.5. The number of nitrogens with one attached hydrogen (secondary N) is 2. The van der Waals surface area contributed by atoms with E-state index in [0.29, 0.717) is 23.0 Å². The number of rotatable bonds is 6. The molecule has 25 heavy (non-hydrogen) atoms. The van der Waals surface area contributed by atoms with Crippen LogP contribution in [0.5, 0.6) is 0 Å². The average Bonchev–Trinajstić information content (AvgIpc) is 2.64. The Morgan fingerprint density at radius 1 is 1.24 bits per heavy atom. The zero-order valence-corrected chi connectivity index (χ0v) is 14.3. The van der Waals surface area contributed by atoms with Gasteiger partial charge in [0.2, 0.25) is 0 Å². The summed E-state index contributed by atoms with van der Waals surface area (Å²) >= 11 is 5.82. The minimum Gasteiger partial charge on any atom is -0.381 e. The van der Waals surface area contributed by atoms with Crippen molar-refractivity contribution in [2.24, 2.45) is 0 Å². The molecule has 1 aromatic carbocycles. The lowest BCUT2D eigenvalue weighted by atomic mass is 9.98. The fraction of sp³-hybridized carbons (Fsp3) is 0.333. The normalized spacial score (nSPS) is 16.4. The summed E-state index contributed by atoms with van der Waals surface area (Å²) in [5, 5.41) is 3.36. The summed E-state index contributed by atoms with van der Waals surface area (Å²) in [5.74, 6) is 0.0604. The number of nitrogens with zero attached hydrogens (tertiary/aromatic N) is 1. The van der Waals surface area contributed by atoms with Crippen LogP contribution in [0.4, 0.5) is 10.2 Å². The van der Waals surface area contributed by atoms with Crippen molar-refractivity contribution in [2.45, 2.75) is 24.9 Å². The second-order valence-electron chi connectivity index (χ2n) is 5.92. The maximum Gasteiger partial charge on any atom is 0.185 e. The third-order valence-corrected chi connectivity index (χ3v) is 4.41. The number of hydrogen-bond donors (Lipinski definition) is 2. The Labute approximate surface area is 150 Å². The van der Waals surface area contributed by atoms with Gasteiger partial charge >= 0.3 is 0 Å². The molecule has 2 N–H and O–H groups in total. The van der Waals surface area contributed by atoms with Gasteiger partial charge in [-0.05, 0) is 66.6 Å². The van der Waals surface area contributed by atoms with Crippen LogP contribution in [0.1, 0.15) is 34.8 Å². The van der Waals surface area contributed by atoms with Gasteiger partial charge in [-0.25, -0.2) is 14.2 Å². The van der Waals surface area contributed by atoms with E-state index in [4.69, 9.17) is 16.5 Å². The van der Waals surface area contributed by atoms with E-state index in [1.54, 1.807) is 18.3 Å². The first-order chi connectivity index (χ1) is 12.2. The second-order valence-corrected chi connectivity index (χ2v) is 6.14. The van der Waals surface area contributed by atoms with Gasteiger partial charge in [-0.2, -0.15) is 0 Å². The molecule has 2 heterocycles. The maximum atomic E-state index is 13.1. The van der Waals surface area contributed by atoms with Gasteiger partial charge in [0.1, 0.15) is 17.7 Å². The van der Waals surface area contributed by atoms with E-state index in [2.05, 4.69) is 15.1 Å². The third-order valence-electron chi connectivity index (χ3n) is 4.19. The number of ketones is 1. The van der Waals surface area contributed by atoms with Crippen molar-refractivity contribution in [3.8, 4) is 0 Å². The van der Waals surface area contributed by atoms with Gasteiger partial charge in [-0.3, -0.25) is 4.79 Å². The number of anilines is 1. The van der Waals surface area contributed by atoms with Gasteiger partial charge in [-0.1, -0.05) is 0 Å². The average molecular weight is 364 g/mol. The largest absolute Gasteiger partial charge is 0.381 e. The summed E-state index contributed by atoms with van der Waals surface area (Å²) < 4.78 is 18.4. The van der Waals surface area contributed by atoms with Crippen LogP contribution in [0, 0.1) is 5.82 Å². The molecule has 1 aliphatic rings. The molecule has 0 bridgehead atoms. The number of halogens is 2. The molecule has 7 heteroatoms. The van der Waals surface area contributed by atoms with Crippen molar-refractivity contribution in [2.75, 3.05) is 18.5 Å². The number of carbonyl (C=O) groups is 1. The molecule has 1 aliphatic heterocycles. The van der Waals surface area contributed by atoms with Crippen LogP contribution in [0.2, 0.25) is 0 Å². The van der Waals surface area contributed by atoms with Crippen LogP contribution in [0.3, 0.4) is 0 Å². The zero-order chi connectivity index (χ0) is 17.6. The molecule has 2 aromatic rings. The monoisotopic (exact) mass is 363 g/mol. The van der Waals surface area contributed by atoms with E-state index < -0.39 is 11.9 Å². The number of ether oxygens (including phenoxy) is 1. The van der Waals surface area contributed by atoms with E-state index in [-0.39, 0.29) is 5.78 Å². The van der Waals surface area contributed by atoms with E-state index in [1.807, 2.05) is 0 Å². The maximum absolute atomic E-state index is 13.1. The minimum absolute atomic E-state index is 0.238. The standard InChI is InChI=1S/C18H19ClFN3O2/c19-23-17(18(24)12-1-3-14(20)4-2-12)13-5-8-21-16(11-13)22-15-6-9-25-10-7-15/h1-5,8,11,15,17,23H,6-7,9-10H2,(H,21,22). The molecule has 0 spiro atoms. The van der Waals surface area contributed by atoms with Crippen molar-refractivity contribution >= 4 is 23.4 Å². The molecular formula is C18H19ClFN3O2. The molecule has 0 amide bonds. The Morgan fingerprint density at radius 3 is 2.64 bits per heavy atom. The van der Waals surface area contributed by atoms with E-state index in [9.17, 15) is 9.18 Å². The molecule has 5 nitrogen and oxygen atoms in total. The molecule has 1 fully saturated rings. The smallest absolute Gasteiger partial charge is 0.185 e. The van der Waals surface area contributed by atoms with Crippen LogP contribution < -0.4 is 10.2 Å². The van der Waals surface area contributed by atoms with Crippen LogP contribution in [0.15, 0.2) is 42.6 Å². The number of benzene rings is 1. The van der Waals surface area contributed by atoms with Gasteiger partial charge in [0, 0.05) is 31.0 Å². The Kier molecular flexibility index (Phi) is 5.96.